The second-order valence-electron chi connectivity index (χ2n) is 5.72. The van der Waals surface area contributed by atoms with Gasteiger partial charge in [-0.25, -0.2) is 0 Å². The van der Waals surface area contributed by atoms with Gasteiger partial charge in [0.05, 0.1) is 15.7 Å². The molecule has 2 aromatic rings. The third-order valence-corrected chi connectivity index (χ3v) is 4.71. The number of hydrogen-bond donors (Lipinski definition) is 1. The number of nitrogens with one attached hydrogen (secondary N) is 1. The topological polar surface area (TPSA) is 32.3 Å². The molecule has 1 unspecified atom stereocenters. The number of anilines is 2. The molecule has 0 aromatic heterocycles. The number of halogens is 2. The van der Waals surface area contributed by atoms with Gasteiger partial charge in [-0.1, -0.05) is 47.5 Å². The van der Waals surface area contributed by atoms with Gasteiger partial charge in [-0.15, -0.1) is 0 Å². The molecule has 23 heavy (non-hydrogen) atoms. The van der Waals surface area contributed by atoms with Gasteiger partial charge in [0.15, 0.2) is 0 Å². The van der Waals surface area contributed by atoms with Crippen LogP contribution in [0.3, 0.4) is 0 Å². The molecule has 0 radical (unpaired) electrons. The smallest absolute Gasteiger partial charge is 0.229 e. The van der Waals surface area contributed by atoms with Crippen LogP contribution in [0.5, 0.6) is 0 Å². The first kappa shape index (κ1) is 16.2. The molecule has 1 N–H and O–H groups in total. The van der Waals surface area contributed by atoms with E-state index in [1.54, 1.807) is 18.2 Å². The summed E-state index contributed by atoms with van der Waals surface area (Å²) in [5.74, 6) is 0.109. The van der Waals surface area contributed by atoms with Gasteiger partial charge in [0.25, 0.3) is 0 Å². The summed E-state index contributed by atoms with van der Waals surface area (Å²) in [5, 5.41) is 4.28. The molecule has 0 saturated carbocycles. The number of nitrogens with zero attached hydrogens (tertiary/aromatic N) is 1. The van der Waals surface area contributed by atoms with Crippen molar-refractivity contribution in [1.29, 1.82) is 0 Å². The van der Waals surface area contributed by atoms with E-state index in [0.29, 0.717) is 28.7 Å². The van der Waals surface area contributed by atoms with Crippen LogP contribution >= 0.6 is 23.2 Å². The number of amides is 1. The highest BCUT2D eigenvalue weighted by molar-refractivity contribution is 6.39. The number of rotatable bonds is 4. The van der Waals surface area contributed by atoms with E-state index in [0.717, 1.165) is 12.1 Å². The molecule has 1 aliphatic rings. The van der Waals surface area contributed by atoms with Crippen LogP contribution in [0.25, 0.3) is 0 Å². The zero-order valence-corrected chi connectivity index (χ0v) is 14.4. The summed E-state index contributed by atoms with van der Waals surface area (Å²) in [5.41, 5.74) is 2.94. The molecule has 1 heterocycles. The summed E-state index contributed by atoms with van der Waals surface area (Å²) in [6.45, 7) is 2.57. The summed E-state index contributed by atoms with van der Waals surface area (Å²) in [6.07, 6.45) is 1.30. The third-order valence-electron chi connectivity index (χ3n) is 4.08. The number of carbonyl (C=O) groups excluding carboxylic acids is 1. The minimum absolute atomic E-state index is 0.109. The fourth-order valence-electron chi connectivity index (χ4n) is 3.03. The maximum Gasteiger partial charge on any atom is 0.229 e. The summed E-state index contributed by atoms with van der Waals surface area (Å²) in [6, 6.07) is 13.6. The summed E-state index contributed by atoms with van der Waals surface area (Å²) in [7, 11) is 0. The van der Waals surface area contributed by atoms with Gasteiger partial charge in [-0.3, -0.25) is 4.79 Å². The highest BCUT2D eigenvalue weighted by Crippen LogP contribution is 2.33. The van der Waals surface area contributed by atoms with Crippen LogP contribution in [-0.2, 0) is 11.2 Å². The largest absolute Gasteiger partial charge is 0.382 e. The molecule has 0 saturated heterocycles. The molecule has 120 valence electrons. The van der Waals surface area contributed by atoms with E-state index in [2.05, 4.69) is 18.3 Å². The molecule has 3 nitrogen and oxygen atoms in total. The Morgan fingerprint density at radius 1 is 1.17 bits per heavy atom. The molecule has 0 bridgehead atoms. The zero-order chi connectivity index (χ0) is 16.4. The minimum Gasteiger partial charge on any atom is -0.382 e. The summed E-state index contributed by atoms with van der Waals surface area (Å²) in [4.78, 5) is 14.5. The monoisotopic (exact) mass is 348 g/mol. The highest BCUT2D eigenvalue weighted by atomic mass is 35.5. The predicted octanol–water partition coefficient (Wildman–Crippen LogP) is 4.77. The molecule has 0 fully saturated rings. The van der Waals surface area contributed by atoms with E-state index in [1.165, 1.54) is 5.56 Å². The quantitative estimate of drug-likeness (QED) is 0.862. The number of benzene rings is 2. The Morgan fingerprint density at radius 3 is 2.61 bits per heavy atom. The first-order valence-electron chi connectivity index (χ1n) is 7.66. The van der Waals surface area contributed by atoms with Crippen molar-refractivity contribution in [2.75, 3.05) is 16.8 Å². The minimum atomic E-state index is 0.109. The molecule has 5 heteroatoms. The van der Waals surface area contributed by atoms with Gasteiger partial charge in [0.2, 0.25) is 5.91 Å². The van der Waals surface area contributed by atoms with Crippen LogP contribution in [-0.4, -0.2) is 18.5 Å². The van der Waals surface area contributed by atoms with Crippen molar-refractivity contribution in [2.24, 2.45) is 0 Å². The van der Waals surface area contributed by atoms with Crippen molar-refractivity contribution >= 4 is 40.5 Å². The fourth-order valence-corrected chi connectivity index (χ4v) is 3.56. The Bertz CT molecular complexity index is 712. The second-order valence-corrected chi connectivity index (χ2v) is 6.53. The molecule has 1 aliphatic heterocycles. The van der Waals surface area contributed by atoms with Crippen LogP contribution in [0.1, 0.15) is 18.9 Å². The molecule has 2 aromatic carbocycles. The van der Waals surface area contributed by atoms with E-state index < -0.39 is 0 Å². The Hall–Kier alpha value is -1.71. The first-order valence-corrected chi connectivity index (χ1v) is 8.41. The van der Waals surface area contributed by atoms with E-state index in [9.17, 15) is 4.79 Å². The fraction of sp³-hybridized carbons (Fsp3) is 0.278. The van der Waals surface area contributed by atoms with Crippen LogP contribution < -0.4 is 10.2 Å². The lowest BCUT2D eigenvalue weighted by atomic mass is 10.1. The summed E-state index contributed by atoms with van der Waals surface area (Å²) < 4.78 is 0. The molecule has 0 aliphatic carbocycles. The molecule has 1 amide bonds. The Morgan fingerprint density at radius 2 is 1.87 bits per heavy atom. The lowest BCUT2D eigenvalue weighted by Crippen LogP contribution is -2.36. The van der Waals surface area contributed by atoms with Crippen LogP contribution in [0.4, 0.5) is 11.4 Å². The SMILES string of the molecule is CC1Cc2ccccc2N1C(=O)CCNc1c(Cl)cccc1Cl. The number of fused-ring (bicyclic) bond motifs is 1. The standard InChI is InChI=1S/C18H18Cl2N2O/c1-12-11-13-5-2-3-8-16(13)22(12)17(23)9-10-21-18-14(19)6-4-7-15(18)20/h2-8,12,21H,9-11H2,1H3. The third kappa shape index (κ3) is 3.31. The molecule has 0 spiro atoms. The van der Waals surface area contributed by atoms with Crippen LogP contribution in [0.15, 0.2) is 42.5 Å². The molecule has 1 atom stereocenters. The lowest BCUT2D eigenvalue weighted by molar-refractivity contribution is -0.118. The van der Waals surface area contributed by atoms with E-state index in [1.807, 2.05) is 23.1 Å². The van der Waals surface area contributed by atoms with Crippen molar-refractivity contribution in [2.45, 2.75) is 25.8 Å². The number of carbonyl (C=O) groups is 1. The average Bonchev–Trinajstić information content (AvgIpc) is 2.86. The van der Waals surface area contributed by atoms with Crippen molar-refractivity contribution in [3.63, 3.8) is 0 Å². The summed E-state index contributed by atoms with van der Waals surface area (Å²) >= 11 is 12.2. The van der Waals surface area contributed by atoms with Crippen LogP contribution in [0, 0.1) is 0 Å². The van der Waals surface area contributed by atoms with Crippen molar-refractivity contribution < 1.29 is 4.79 Å². The Labute approximate surface area is 146 Å². The Kier molecular flexibility index (Phi) is 4.79. The molecular weight excluding hydrogens is 331 g/mol. The van der Waals surface area contributed by atoms with E-state index >= 15 is 0 Å². The van der Waals surface area contributed by atoms with Crippen molar-refractivity contribution in [3.8, 4) is 0 Å². The van der Waals surface area contributed by atoms with Crippen molar-refractivity contribution in [1.82, 2.24) is 0 Å². The van der Waals surface area contributed by atoms with Crippen LogP contribution in [0.2, 0.25) is 10.0 Å². The number of hydrogen-bond acceptors (Lipinski definition) is 2. The first-order chi connectivity index (χ1) is 11.1. The average molecular weight is 349 g/mol. The number of para-hydroxylation sites is 2. The molecular formula is C18H18Cl2N2O. The van der Waals surface area contributed by atoms with Gasteiger partial charge in [-0.05, 0) is 37.1 Å². The molecule has 3 rings (SSSR count). The van der Waals surface area contributed by atoms with Gasteiger partial charge >= 0.3 is 0 Å². The second kappa shape index (κ2) is 6.81. The zero-order valence-electron chi connectivity index (χ0n) is 12.9. The van der Waals surface area contributed by atoms with Crippen molar-refractivity contribution in [3.05, 3.63) is 58.1 Å². The van der Waals surface area contributed by atoms with Gasteiger partial charge in [-0.2, -0.15) is 0 Å². The van der Waals surface area contributed by atoms with Gasteiger partial charge < -0.3 is 10.2 Å². The maximum absolute atomic E-state index is 12.6. The lowest BCUT2D eigenvalue weighted by Gasteiger charge is -2.23. The highest BCUT2D eigenvalue weighted by Gasteiger charge is 2.29. The van der Waals surface area contributed by atoms with E-state index in [-0.39, 0.29) is 11.9 Å². The van der Waals surface area contributed by atoms with Gasteiger partial charge in [0.1, 0.15) is 0 Å². The maximum atomic E-state index is 12.6. The normalized spacial score (nSPS) is 16.3. The predicted molar refractivity (Wildman–Crippen MR) is 96.7 cm³/mol. The Balaban J connectivity index is 1.64. The van der Waals surface area contributed by atoms with Gasteiger partial charge in [0, 0.05) is 24.7 Å². The van der Waals surface area contributed by atoms with E-state index in [4.69, 9.17) is 23.2 Å².